The fourth-order valence-corrected chi connectivity index (χ4v) is 3.82. The van der Waals surface area contributed by atoms with E-state index in [1.807, 2.05) is 0 Å². The Hall–Kier alpha value is -3.41. The highest BCUT2D eigenvalue weighted by atomic mass is 35.5. The minimum atomic E-state index is -4.75. The van der Waals surface area contributed by atoms with Crippen LogP contribution in [0, 0.1) is 11.6 Å². The van der Waals surface area contributed by atoms with Crippen molar-refractivity contribution in [3.63, 3.8) is 0 Å². The predicted molar refractivity (Wildman–Crippen MR) is 110 cm³/mol. The number of amides is 3. The number of nitrogens with zero attached hydrogens (tertiary/aromatic N) is 4. The van der Waals surface area contributed by atoms with Crippen LogP contribution in [0.2, 0.25) is 5.02 Å². The Balaban J connectivity index is 1.78. The highest BCUT2D eigenvalue weighted by molar-refractivity contribution is 6.31. The van der Waals surface area contributed by atoms with Crippen LogP contribution in [0.1, 0.15) is 5.56 Å². The van der Waals surface area contributed by atoms with Crippen LogP contribution in [0.3, 0.4) is 0 Å². The molecule has 0 bridgehead atoms. The van der Waals surface area contributed by atoms with Gasteiger partial charge in [-0.15, -0.1) is 0 Å². The van der Waals surface area contributed by atoms with Crippen molar-refractivity contribution in [3.05, 3.63) is 52.7 Å². The standard InChI is InChI=1S/C20H15ClF5N5O2/c1-29-6-5-9-10(20(24,25)26)7-14(28-17(9)29)31-13(8-27-19(31)33)18(32)30(2)12-4-3-11(22)15(21)16(12)23/h3-7,13H,8H2,1-2H3,(H,27,33)/t13-/m0/s1. The maximum atomic E-state index is 14.4. The number of hydrogen-bond acceptors (Lipinski definition) is 3. The second kappa shape index (κ2) is 7.87. The zero-order valence-corrected chi connectivity index (χ0v) is 17.8. The molecular formula is C20H15ClF5N5O2. The van der Waals surface area contributed by atoms with Gasteiger partial charge >= 0.3 is 12.2 Å². The van der Waals surface area contributed by atoms with Gasteiger partial charge in [-0.25, -0.2) is 18.6 Å². The third kappa shape index (κ3) is 3.73. The summed E-state index contributed by atoms with van der Waals surface area (Å²) in [5.74, 6) is -3.48. The SMILES string of the molecule is CN(C(=O)[C@@H]1CNC(=O)N1c1cc(C(F)(F)F)c2ccn(C)c2n1)c1ccc(F)c(Cl)c1F. The van der Waals surface area contributed by atoms with Crippen molar-refractivity contribution < 1.29 is 31.5 Å². The molecule has 1 aromatic carbocycles. The van der Waals surface area contributed by atoms with Crippen molar-refractivity contribution in [2.45, 2.75) is 12.2 Å². The summed E-state index contributed by atoms with van der Waals surface area (Å²) in [6.45, 7) is -0.271. The van der Waals surface area contributed by atoms with Crippen LogP contribution < -0.4 is 15.1 Å². The number of fused-ring (bicyclic) bond motifs is 1. The van der Waals surface area contributed by atoms with Crippen LogP contribution >= 0.6 is 11.6 Å². The smallest absolute Gasteiger partial charge is 0.335 e. The van der Waals surface area contributed by atoms with Gasteiger partial charge in [0.05, 0.1) is 11.3 Å². The molecule has 1 aliphatic heterocycles. The van der Waals surface area contributed by atoms with E-state index in [-0.39, 0.29) is 23.3 Å². The minimum Gasteiger partial charge on any atom is -0.335 e. The molecule has 4 rings (SSSR count). The van der Waals surface area contributed by atoms with E-state index in [0.29, 0.717) is 6.07 Å². The zero-order chi connectivity index (χ0) is 24.2. The maximum absolute atomic E-state index is 14.4. The summed E-state index contributed by atoms with van der Waals surface area (Å²) in [6.07, 6.45) is -3.37. The third-order valence-corrected chi connectivity index (χ3v) is 5.69. The molecule has 7 nitrogen and oxygen atoms in total. The fraction of sp³-hybridized carbons (Fsp3) is 0.250. The van der Waals surface area contributed by atoms with Crippen molar-refractivity contribution in [2.75, 3.05) is 23.4 Å². The molecule has 3 aromatic rings. The number of urea groups is 1. The quantitative estimate of drug-likeness (QED) is 0.447. The Kier molecular flexibility index (Phi) is 5.43. The molecule has 3 amide bonds. The lowest BCUT2D eigenvalue weighted by molar-refractivity contribution is -0.136. The number of nitrogens with one attached hydrogen (secondary N) is 1. The van der Waals surface area contributed by atoms with E-state index < -0.39 is 52.2 Å². The Morgan fingerprint density at radius 3 is 2.64 bits per heavy atom. The normalized spacial score (nSPS) is 16.4. The van der Waals surface area contributed by atoms with Crippen molar-refractivity contribution in [1.29, 1.82) is 0 Å². The summed E-state index contributed by atoms with van der Waals surface area (Å²) in [6, 6.07) is 1.57. The molecule has 0 spiro atoms. The summed E-state index contributed by atoms with van der Waals surface area (Å²) in [5.41, 5.74) is -1.44. The molecular weight excluding hydrogens is 473 g/mol. The van der Waals surface area contributed by atoms with Gasteiger partial charge in [-0.05, 0) is 24.3 Å². The van der Waals surface area contributed by atoms with E-state index in [2.05, 4.69) is 10.3 Å². The number of aromatic nitrogens is 2. The van der Waals surface area contributed by atoms with Crippen LogP contribution in [0.4, 0.5) is 38.3 Å². The number of rotatable bonds is 3. The van der Waals surface area contributed by atoms with Crippen LogP contribution in [0.5, 0.6) is 0 Å². The second-order valence-electron chi connectivity index (χ2n) is 7.35. The second-order valence-corrected chi connectivity index (χ2v) is 7.73. The van der Waals surface area contributed by atoms with Crippen molar-refractivity contribution in [3.8, 4) is 0 Å². The molecule has 0 aliphatic carbocycles. The first-order chi connectivity index (χ1) is 15.4. The largest absolute Gasteiger partial charge is 0.417 e. The number of hydrogen-bond donors (Lipinski definition) is 1. The average molecular weight is 488 g/mol. The van der Waals surface area contributed by atoms with E-state index in [1.165, 1.54) is 30.9 Å². The van der Waals surface area contributed by atoms with Crippen molar-refractivity contribution >= 4 is 46.1 Å². The van der Waals surface area contributed by atoms with Gasteiger partial charge in [0, 0.05) is 32.2 Å². The third-order valence-electron chi connectivity index (χ3n) is 5.34. The zero-order valence-electron chi connectivity index (χ0n) is 17.0. The van der Waals surface area contributed by atoms with Crippen LogP contribution in [-0.4, -0.2) is 41.1 Å². The molecule has 1 saturated heterocycles. The molecule has 1 fully saturated rings. The molecule has 33 heavy (non-hydrogen) atoms. The predicted octanol–water partition coefficient (Wildman–Crippen LogP) is 4.08. The monoisotopic (exact) mass is 487 g/mol. The number of halogens is 6. The maximum Gasteiger partial charge on any atom is 0.417 e. The van der Waals surface area contributed by atoms with Gasteiger partial charge in [0.25, 0.3) is 5.91 Å². The van der Waals surface area contributed by atoms with Crippen LogP contribution in [0.25, 0.3) is 11.0 Å². The van der Waals surface area contributed by atoms with Gasteiger partial charge in [0.15, 0.2) is 5.82 Å². The summed E-state index contributed by atoms with van der Waals surface area (Å²) in [5, 5.41) is 1.39. The number of anilines is 2. The lowest BCUT2D eigenvalue weighted by Crippen LogP contribution is -2.47. The molecule has 0 radical (unpaired) electrons. The number of pyridine rings is 1. The van der Waals surface area contributed by atoms with Crippen molar-refractivity contribution in [1.82, 2.24) is 14.9 Å². The van der Waals surface area contributed by atoms with Gasteiger partial charge in [-0.3, -0.25) is 9.69 Å². The van der Waals surface area contributed by atoms with E-state index in [1.54, 1.807) is 0 Å². The first kappa shape index (κ1) is 22.8. The molecule has 3 heterocycles. The molecule has 0 saturated carbocycles. The first-order valence-corrected chi connectivity index (χ1v) is 9.81. The lowest BCUT2D eigenvalue weighted by Gasteiger charge is -2.27. The summed E-state index contributed by atoms with van der Waals surface area (Å²) in [4.78, 5) is 31.4. The van der Waals surface area contributed by atoms with E-state index >= 15 is 0 Å². The number of likely N-dealkylation sites (N-methyl/N-ethyl adjacent to an activating group) is 1. The Morgan fingerprint density at radius 2 is 1.97 bits per heavy atom. The highest BCUT2D eigenvalue weighted by Crippen LogP contribution is 2.38. The number of alkyl halides is 3. The van der Waals surface area contributed by atoms with Crippen molar-refractivity contribution in [2.24, 2.45) is 7.05 Å². The van der Waals surface area contributed by atoms with Gasteiger partial charge < -0.3 is 14.8 Å². The number of carbonyl (C=O) groups excluding carboxylic acids is 2. The number of benzene rings is 1. The molecule has 0 unspecified atom stereocenters. The van der Waals surface area contributed by atoms with Crippen LogP contribution in [0.15, 0.2) is 30.5 Å². The Labute approximate surface area is 188 Å². The van der Waals surface area contributed by atoms with E-state index in [4.69, 9.17) is 11.6 Å². The van der Waals surface area contributed by atoms with Crippen LogP contribution in [-0.2, 0) is 18.0 Å². The summed E-state index contributed by atoms with van der Waals surface area (Å²) < 4.78 is 70.3. The average Bonchev–Trinajstić information content (AvgIpc) is 3.32. The molecule has 1 aliphatic rings. The molecule has 2 aromatic heterocycles. The summed E-state index contributed by atoms with van der Waals surface area (Å²) >= 11 is 5.57. The Bertz CT molecular complexity index is 1290. The Morgan fingerprint density at radius 1 is 1.27 bits per heavy atom. The van der Waals surface area contributed by atoms with Gasteiger partial charge in [-0.2, -0.15) is 13.2 Å². The number of carbonyl (C=O) groups is 2. The molecule has 174 valence electrons. The highest BCUT2D eigenvalue weighted by Gasteiger charge is 2.42. The van der Waals surface area contributed by atoms with E-state index in [0.717, 1.165) is 21.9 Å². The molecule has 1 N–H and O–H groups in total. The number of aryl methyl sites for hydroxylation is 1. The molecule has 13 heteroatoms. The minimum absolute atomic E-state index is 0.0459. The first-order valence-electron chi connectivity index (χ1n) is 9.43. The van der Waals surface area contributed by atoms with Gasteiger partial charge in [0.1, 0.15) is 28.3 Å². The van der Waals surface area contributed by atoms with Gasteiger partial charge in [0.2, 0.25) is 0 Å². The summed E-state index contributed by atoms with van der Waals surface area (Å²) in [7, 11) is 2.66. The topological polar surface area (TPSA) is 70.5 Å². The van der Waals surface area contributed by atoms with Gasteiger partial charge in [-0.1, -0.05) is 11.6 Å². The molecule has 1 atom stereocenters. The lowest BCUT2D eigenvalue weighted by atomic mass is 10.1. The van der Waals surface area contributed by atoms with E-state index in [9.17, 15) is 31.5 Å². The fourth-order valence-electron chi connectivity index (χ4n) is 3.66.